The minimum absolute atomic E-state index is 0.193. The number of rotatable bonds is 12. The molecule has 2 aromatic heterocycles. The van der Waals surface area contributed by atoms with Crippen molar-refractivity contribution in [2.24, 2.45) is 0 Å². The fourth-order valence-corrected chi connectivity index (χ4v) is 4.69. The number of amides is 1. The van der Waals surface area contributed by atoms with E-state index in [1.807, 2.05) is 42.7 Å². The minimum atomic E-state index is -1.01. The molecular weight excluding hydrogens is 510 g/mol. The molecular formula is C29H37N7O4. The van der Waals surface area contributed by atoms with Gasteiger partial charge >= 0.3 is 12.1 Å². The summed E-state index contributed by atoms with van der Waals surface area (Å²) < 4.78 is 5.48. The van der Waals surface area contributed by atoms with Gasteiger partial charge in [-0.15, -0.1) is 0 Å². The van der Waals surface area contributed by atoms with Gasteiger partial charge < -0.3 is 29.9 Å². The summed E-state index contributed by atoms with van der Waals surface area (Å²) in [5.41, 5.74) is 2.28. The van der Waals surface area contributed by atoms with E-state index >= 15 is 0 Å². The van der Waals surface area contributed by atoms with E-state index in [1.54, 1.807) is 47.8 Å². The van der Waals surface area contributed by atoms with Crippen LogP contribution in [-0.2, 0) is 11.2 Å². The van der Waals surface area contributed by atoms with Crippen molar-refractivity contribution in [1.29, 1.82) is 0 Å². The van der Waals surface area contributed by atoms with Crippen molar-refractivity contribution in [3.05, 3.63) is 60.6 Å². The largest absolute Gasteiger partial charge is 0.480 e. The number of carbonyl (C=O) groups excluding carboxylic acids is 1. The summed E-state index contributed by atoms with van der Waals surface area (Å²) in [4.78, 5) is 44.0. The number of nitrogens with zero attached hydrogens (tertiary/aromatic N) is 6. The molecule has 0 bridgehead atoms. The topological polar surface area (TPSA) is 124 Å². The molecule has 11 nitrogen and oxygen atoms in total. The quantitative estimate of drug-likeness (QED) is 0.333. The highest BCUT2D eigenvalue weighted by Crippen LogP contribution is 2.32. The third kappa shape index (κ3) is 6.96. The van der Waals surface area contributed by atoms with Gasteiger partial charge in [0.25, 0.3) is 0 Å². The Balaban J connectivity index is 1.57. The van der Waals surface area contributed by atoms with Gasteiger partial charge in [0, 0.05) is 45.3 Å². The third-order valence-corrected chi connectivity index (χ3v) is 6.91. The van der Waals surface area contributed by atoms with Gasteiger partial charge in [-0.1, -0.05) is 12.1 Å². The fourth-order valence-electron chi connectivity index (χ4n) is 4.69. The second-order valence-electron chi connectivity index (χ2n) is 9.48. The average Bonchev–Trinajstić information content (AvgIpc) is 3.52. The number of hydrogen-bond donors (Lipinski definition) is 2. The summed E-state index contributed by atoms with van der Waals surface area (Å²) in [6, 6.07) is 9.76. The van der Waals surface area contributed by atoms with Gasteiger partial charge in [-0.3, -0.25) is 4.98 Å². The standard InChI is InChI=1S/C29H37N7O4/c1-4-34(5-2)28-31-20-25(36(6-3)22-10-9-15-30-19-22)26(33-28)32-24(27(37)38)18-21-11-13-23(14-12-21)40-29(39)35-16-7-8-17-35/h9-15,19-20,24H,4-8,16-18H2,1-3H3,(H,37,38)(H,31,32,33)/t24-/m0/s1. The Hall–Kier alpha value is -4.41. The number of hydrogen-bond acceptors (Lipinski definition) is 9. The smallest absolute Gasteiger partial charge is 0.415 e. The molecule has 2 N–H and O–H groups in total. The molecule has 1 aliphatic heterocycles. The van der Waals surface area contributed by atoms with Crippen molar-refractivity contribution >= 4 is 35.2 Å². The van der Waals surface area contributed by atoms with E-state index < -0.39 is 12.0 Å². The van der Waals surface area contributed by atoms with Crippen molar-refractivity contribution in [3.63, 3.8) is 0 Å². The lowest BCUT2D eigenvalue weighted by molar-refractivity contribution is -0.137. The maximum Gasteiger partial charge on any atom is 0.415 e. The summed E-state index contributed by atoms with van der Waals surface area (Å²) >= 11 is 0. The Morgan fingerprint density at radius 3 is 2.38 bits per heavy atom. The molecule has 212 valence electrons. The summed E-state index contributed by atoms with van der Waals surface area (Å²) in [5, 5.41) is 13.3. The molecule has 0 saturated carbocycles. The normalized spacial score (nSPS) is 13.5. The molecule has 1 aliphatic rings. The van der Waals surface area contributed by atoms with Crippen LogP contribution >= 0.6 is 0 Å². The molecule has 3 heterocycles. The Labute approximate surface area is 234 Å². The van der Waals surface area contributed by atoms with Gasteiger partial charge in [0.05, 0.1) is 18.1 Å². The van der Waals surface area contributed by atoms with Crippen molar-refractivity contribution in [1.82, 2.24) is 19.9 Å². The highest BCUT2D eigenvalue weighted by atomic mass is 16.6. The molecule has 0 spiro atoms. The third-order valence-electron chi connectivity index (χ3n) is 6.91. The van der Waals surface area contributed by atoms with E-state index in [9.17, 15) is 14.7 Å². The zero-order valence-corrected chi connectivity index (χ0v) is 23.3. The van der Waals surface area contributed by atoms with Gasteiger partial charge in [-0.25, -0.2) is 14.6 Å². The number of benzene rings is 1. The lowest BCUT2D eigenvalue weighted by Crippen LogP contribution is -2.33. The molecule has 1 fully saturated rings. The number of anilines is 4. The maximum absolute atomic E-state index is 12.4. The molecule has 1 amide bonds. The van der Waals surface area contributed by atoms with Crippen LogP contribution in [0.4, 0.5) is 27.9 Å². The van der Waals surface area contributed by atoms with E-state index in [0.29, 0.717) is 55.9 Å². The van der Waals surface area contributed by atoms with Crippen LogP contribution < -0.4 is 19.9 Å². The van der Waals surface area contributed by atoms with Crippen LogP contribution in [0.15, 0.2) is 55.0 Å². The lowest BCUT2D eigenvalue weighted by atomic mass is 10.1. The molecule has 0 unspecified atom stereocenters. The number of carboxylic acid groups (broad SMARTS) is 1. The summed E-state index contributed by atoms with van der Waals surface area (Å²) in [7, 11) is 0. The SMILES string of the molecule is CCN(CC)c1ncc(N(CC)c2cccnc2)c(N[C@@H](Cc2ccc(OC(=O)N3CCCC3)cc2)C(=O)O)n1. The van der Waals surface area contributed by atoms with Gasteiger partial charge in [-0.2, -0.15) is 4.98 Å². The van der Waals surface area contributed by atoms with Crippen LogP contribution in [0.1, 0.15) is 39.2 Å². The Morgan fingerprint density at radius 1 is 1.05 bits per heavy atom. The number of likely N-dealkylation sites (tertiary alicyclic amines) is 1. The first-order valence-corrected chi connectivity index (χ1v) is 13.8. The number of carbonyl (C=O) groups is 2. The number of carboxylic acids is 1. The van der Waals surface area contributed by atoms with E-state index in [4.69, 9.17) is 9.72 Å². The highest BCUT2D eigenvalue weighted by Gasteiger charge is 2.24. The second kappa shape index (κ2) is 13.6. The zero-order valence-electron chi connectivity index (χ0n) is 23.3. The van der Waals surface area contributed by atoms with Crippen LogP contribution in [0, 0.1) is 0 Å². The predicted octanol–water partition coefficient (Wildman–Crippen LogP) is 4.58. The lowest BCUT2D eigenvalue weighted by Gasteiger charge is -2.28. The van der Waals surface area contributed by atoms with Gasteiger partial charge in [0.15, 0.2) is 5.82 Å². The van der Waals surface area contributed by atoms with Crippen molar-refractivity contribution in [2.45, 2.75) is 46.1 Å². The monoisotopic (exact) mass is 547 g/mol. The maximum atomic E-state index is 12.4. The van der Waals surface area contributed by atoms with Crippen LogP contribution in [0.3, 0.4) is 0 Å². The van der Waals surface area contributed by atoms with Crippen LogP contribution in [-0.4, -0.2) is 75.8 Å². The average molecular weight is 548 g/mol. The molecule has 3 aromatic rings. The first-order valence-electron chi connectivity index (χ1n) is 13.8. The van der Waals surface area contributed by atoms with E-state index in [-0.39, 0.29) is 12.5 Å². The summed E-state index contributed by atoms with van der Waals surface area (Å²) in [6.07, 6.45) is 6.99. The second-order valence-corrected chi connectivity index (χ2v) is 9.48. The fraction of sp³-hybridized carbons (Fsp3) is 0.414. The van der Waals surface area contributed by atoms with Gasteiger partial charge in [0.1, 0.15) is 17.5 Å². The molecule has 1 aromatic carbocycles. The van der Waals surface area contributed by atoms with Gasteiger partial charge in [0.2, 0.25) is 5.95 Å². The Bertz CT molecular complexity index is 1260. The highest BCUT2D eigenvalue weighted by molar-refractivity contribution is 5.81. The zero-order chi connectivity index (χ0) is 28.5. The Kier molecular flexibility index (Phi) is 9.71. The first-order chi connectivity index (χ1) is 19.4. The number of ether oxygens (including phenoxy) is 1. The summed E-state index contributed by atoms with van der Waals surface area (Å²) in [5.74, 6) is 0.360. The van der Waals surface area contributed by atoms with E-state index in [2.05, 4.69) is 15.3 Å². The van der Waals surface area contributed by atoms with E-state index in [0.717, 1.165) is 24.1 Å². The number of aromatic nitrogens is 3. The van der Waals surface area contributed by atoms with E-state index in [1.165, 1.54) is 0 Å². The molecule has 40 heavy (non-hydrogen) atoms. The number of pyridine rings is 1. The minimum Gasteiger partial charge on any atom is -0.480 e. The molecule has 1 saturated heterocycles. The number of nitrogens with one attached hydrogen (secondary N) is 1. The van der Waals surface area contributed by atoms with Crippen LogP contribution in [0.2, 0.25) is 0 Å². The van der Waals surface area contributed by atoms with Crippen LogP contribution in [0.5, 0.6) is 5.75 Å². The Morgan fingerprint density at radius 2 is 1.77 bits per heavy atom. The van der Waals surface area contributed by atoms with Crippen molar-refractivity contribution in [3.8, 4) is 5.75 Å². The molecule has 11 heteroatoms. The molecule has 0 radical (unpaired) electrons. The number of aliphatic carboxylic acids is 1. The molecule has 4 rings (SSSR count). The van der Waals surface area contributed by atoms with Gasteiger partial charge in [-0.05, 0) is 63.4 Å². The summed E-state index contributed by atoms with van der Waals surface area (Å²) in [6.45, 7) is 9.49. The molecule has 0 aliphatic carbocycles. The molecule has 1 atom stereocenters. The van der Waals surface area contributed by atoms with Crippen molar-refractivity contribution in [2.75, 3.05) is 47.8 Å². The van der Waals surface area contributed by atoms with Crippen molar-refractivity contribution < 1.29 is 19.4 Å². The first kappa shape index (κ1) is 28.6. The predicted molar refractivity (Wildman–Crippen MR) is 155 cm³/mol. The van der Waals surface area contributed by atoms with Crippen LogP contribution in [0.25, 0.3) is 0 Å².